The van der Waals surface area contributed by atoms with Gasteiger partial charge in [0.1, 0.15) is 30.5 Å². The Labute approximate surface area is 188 Å². The van der Waals surface area contributed by atoms with Gasteiger partial charge in [-0.1, -0.05) is 0 Å². The Morgan fingerprint density at radius 2 is 2.09 bits per heavy atom. The molecule has 0 saturated carbocycles. The van der Waals surface area contributed by atoms with E-state index in [0.29, 0.717) is 46.7 Å². The summed E-state index contributed by atoms with van der Waals surface area (Å²) in [6, 6.07) is 4.82. The summed E-state index contributed by atoms with van der Waals surface area (Å²) in [4.78, 5) is 24.7. The second kappa shape index (κ2) is 8.38. The van der Waals surface area contributed by atoms with Crippen molar-refractivity contribution in [3.63, 3.8) is 0 Å². The van der Waals surface area contributed by atoms with E-state index in [2.05, 4.69) is 25.6 Å². The van der Waals surface area contributed by atoms with Crippen molar-refractivity contribution < 1.29 is 18.7 Å². The normalized spacial score (nSPS) is 12.6. The number of anilines is 2. The SMILES string of the molecule is Cc1c(-c2cc3cc(NC(=O)OCc4cncn4C)ncc3cc2F)cnc2c1NCCO2. The van der Waals surface area contributed by atoms with Crippen molar-refractivity contribution in [1.82, 2.24) is 19.5 Å². The second-order valence-corrected chi connectivity index (χ2v) is 7.70. The minimum Gasteiger partial charge on any atom is -0.474 e. The number of pyridine rings is 2. The quantitative estimate of drug-likeness (QED) is 0.486. The van der Waals surface area contributed by atoms with E-state index in [-0.39, 0.29) is 12.4 Å². The molecule has 1 aliphatic heterocycles. The van der Waals surface area contributed by atoms with Crippen molar-refractivity contribution in [2.75, 3.05) is 23.8 Å². The van der Waals surface area contributed by atoms with Crippen LogP contribution in [0.25, 0.3) is 21.9 Å². The van der Waals surface area contributed by atoms with E-state index in [4.69, 9.17) is 9.47 Å². The maximum atomic E-state index is 15.0. The maximum Gasteiger partial charge on any atom is 0.413 e. The van der Waals surface area contributed by atoms with Crippen LogP contribution in [0, 0.1) is 12.7 Å². The van der Waals surface area contributed by atoms with Gasteiger partial charge in [0.2, 0.25) is 5.88 Å². The Hall–Kier alpha value is -4.21. The lowest BCUT2D eigenvalue weighted by Crippen LogP contribution is -2.20. The minimum atomic E-state index is -0.647. The summed E-state index contributed by atoms with van der Waals surface area (Å²) in [6.07, 6.45) is 5.72. The topological polar surface area (TPSA) is 103 Å². The van der Waals surface area contributed by atoms with Gasteiger partial charge in [-0.2, -0.15) is 0 Å². The van der Waals surface area contributed by atoms with Gasteiger partial charge >= 0.3 is 6.09 Å². The number of carbonyl (C=O) groups excluding carboxylic acids is 1. The summed E-state index contributed by atoms with van der Waals surface area (Å²) in [6.45, 7) is 3.18. The fourth-order valence-electron chi connectivity index (χ4n) is 3.74. The molecule has 0 atom stereocenters. The number of nitrogens with one attached hydrogen (secondary N) is 2. The van der Waals surface area contributed by atoms with Crippen LogP contribution in [-0.2, 0) is 18.4 Å². The number of aryl methyl sites for hydroxylation is 1. The molecule has 3 aromatic heterocycles. The average Bonchev–Trinajstić information content (AvgIpc) is 3.23. The van der Waals surface area contributed by atoms with E-state index in [1.165, 1.54) is 12.3 Å². The van der Waals surface area contributed by atoms with Crippen molar-refractivity contribution in [2.24, 2.45) is 7.05 Å². The van der Waals surface area contributed by atoms with Crippen LogP contribution in [0.3, 0.4) is 0 Å². The third-order valence-corrected chi connectivity index (χ3v) is 5.54. The highest BCUT2D eigenvalue weighted by Gasteiger charge is 2.19. The number of benzene rings is 1. The number of rotatable bonds is 4. The number of hydrogen-bond donors (Lipinski definition) is 2. The van der Waals surface area contributed by atoms with E-state index in [9.17, 15) is 9.18 Å². The molecule has 9 nitrogen and oxygen atoms in total. The molecule has 0 unspecified atom stereocenters. The predicted molar refractivity (Wildman–Crippen MR) is 121 cm³/mol. The summed E-state index contributed by atoms with van der Waals surface area (Å²) in [5.41, 5.74) is 3.44. The number of ether oxygens (including phenoxy) is 2. The number of nitrogens with zero attached hydrogens (tertiary/aromatic N) is 4. The summed E-state index contributed by atoms with van der Waals surface area (Å²) >= 11 is 0. The highest BCUT2D eigenvalue weighted by atomic mass is 19.1. The van der Waals surface area contributed by atoms with Crippen LogP contribution in [0.15, 0.2) is 43.1 Å². The molecule has 1 amide bonds. The largest absolute Gasteiger partial charge is 0.474 e. The highest BCUT2D eigenvalue weighted by molar-refractivity contribution is 5.92. The van der Waals surface area contributed by atoms with E-state index in [1.54, 1.807) is 35.4 Å². The van der Waals surface area contributed by atoms with Crippen LogP contribution in [0.5, 0.6) is 5.88 Å². The molecule has 0 spiro atoms. The van der Waals surface area contributed by atoms with Gasteiger partial charge in [0.15, 0.2) is 0 Å². The van der Waals surface area contributed by atoms with Gasteiger partial charge in [0.25, 0.3) is 0 Å². The molecule has 1 aromatic carbocycles. The molecule has 10 heteroatoms. The average molecular weight is 448 g/mol. The van der Waals surface area contributed by atoms with Crippen molar-refractivity contribution in [1.29, 1.82) is 0 Å². The first kappa shape index (κ1) is 20.7. The molecule has 0 aliphatic carbocycles. The van der Waals surface area contributed by atoms with Gasteiger partial charge < -0.3 is 19.4 Å². The van der Waals surface area contributed by atoms with Gasteiger partial charge in [-0.15, -0.1) is 0 Å². The first-order valence-electron chi connectivity index (χ1n) is 10.3. The predicted octanol–water partition coefficient (Wildman–Crippen LogP) is 4.03. The summed E-state index contributed by atoms with van der Waals surface area (Å²) < 4.78 is 27.5. The van der Waals surface area contributed by atoms with Crippen molar-refractivity contribution in [2.45, 2.75) is 13.5 Å². The Bertz CT molecular complexity index is 1370. The molecular weight excluding hydrogens is 427 g/mol. The Balaban J connectivity index is 1.41. The molecular formula is C23H21FN6O3. The van der Waals surface area contributed by atoms with Gasteiger partial charge in [0, 0.05) is 42.5 Å². The van der Waals surface area contributed by atoms with E-state index in [0.717, 1.165) is 16.9 Å². The number of halogens is 1. The molecule has 0 bridgehead atoms. The fraction of sp³-hybridized carbons (Fsp3) is 0.217. The zero-order valence-corrected chi connectivity index (χ0v) is 18.1. The number of imidazole rings is 1. The fourth-order valence-corrected chi connectivity index (χ4v) is 3.74. The Kier molecular flexibility index (Phi) is 5.25. The van der Waals surface area contributed by atoms with E-state index >= 15 is 0 Å². The van der Waals surface area contributed by atoms with Crippen LogP contribution in [-0.4, -0.2) is 38.8 Å². The number of carbonyl (C=O) groups is 1. The lowest BCUT2D eigenvalue weighted by atomic mass is 9.98. The number of amides is 1. The Morgan fingerprint density at radius 3 is 2.91 bits per heavy atom. The third kappa shape index (κ3) is 4.02. The minimum absolute atomic E-state index is 0.0770. The van der Waals surface area contributed by atoms with Crippen molar-refractivity contribution in [3.05, 3.63) is 60.2 Å². The molecule has 4 heterocycles. The van der Waals surface area contributed by atoms with Gasteiger partial charge in [-0.3, -0.25) is 5.32 Å². The molecule has 4 aromatic rings. The smallest absolute Gasteiger partial charge is 0.413 e. The van der Waals surface area contributed by atoms with Gasteiger partial charge in [0.05, 0.1) is 18.2 Å². The van der Waals surface area contributed by atoms with E-state index in [1.807, 2.05) is 14.0 Å². The third-order valence-electron chi connectivity index (χ3n) is 5.54. The summed E-state index contributed by atoms with van der Waals surface area (Å²) in [5.74, 6) is 0.427. The van der Waals surface area contributed by atoms with Crippen LogP contribution in [0.4, 0.5) is 20.7 Å². The molecule has 5 rings (SSSR count). The first-order valence-corrected chi connectivity index (χ1v) is 10.3. The molecule has 168 valence electrons. The molecule has 33 heavy (non-hydrogen) atoms. The zero-order valence-electron chi connectivity index (χ0n) is 18.1. The first-order chi connectivity index (χ1) is 16.0. The lowest BCUT2D eigenvalue weighted by molar-refractivity contribution is 0.152. The van der Waals surface area contributed by atoms with Crippen LogP contribution in [0.2, 0.25) is 0 Å². The summed E-state index contributed by atoms with van der Waals surface area (Å²) in [5, 5.41) is 7.19. The maximum absolute atomic E-state index is 15.0. The Morgan fingerprint density at radius 1 is 1.21 bits per heavy atom. The van der Waals surface area contributed by atoms with Crippen LogP contribution < -0.4 is 15.4 Å². The molecule has 1 aliphatic rings. The van der Waals surface area contributed by atoms with E-state index < -0.39 is 6.09 Å². The second-order valence-electron chi connectivity index (χ2n) is 7.70. The van der Waals surface area contributed by atoms with Crippen LogP contribution in [0.1, 0.15) is 11.3 Å². The van der Waals surface area contributed by atoms with Crippen LogP contribution >= 0.6 is 0 Å². The van der Waals surface area contributed by atoms with Crippen molar-refractivity contribution >= 4 is 28.4 Å². The van der Waals surface area contributed by atoms with Gasteiger partial charge in [-0.25, -0.2) is 24.1 Å². The number of fused-ring (bicyclic) bond motifs is 2. The number of aromatic nitrogens is 4. The number of hydrogen-bond acceptors (Lipinski definition) is 7. The monoisotopic (exact) mass is 448 g/mol. The highest BCUT2D eigenvalue weighted by Crippen LogP contribution is 2.37. The summed E-state index contributed by atoms with van der Waals surface area (Å²) in [7, 11) is 1.81. The van der Waals surface area contributed by atoms with Gasteiger partial charge in [-0.05, 0) is 36.1 Å². The molecule has 2 N–H and O–H groups in total. The lowest BCUT2D eigenvalue weighted by Gasteiger charge is -2.21. The molecule has 0 fully saturated rings. The standard InChI is InChI=1S/C23H21FN6O3/c1-13-18(10-28-22-21(13)26-3-4-32-22)17-5-14-7-20(27-8-15(14)6-19(17)24)29-23(31)33-11-16-9-25-12-30(16)2/h5-10,12,26H,3-4,11H2,1-2H3,(H,27,29,31). The molecule has 0 radical (unpaired) electrons. The molecule has 0 saturated heterocycles. The van der Waals surface area contributed by atoms with Crippen molar-refractivity contribution in [3.8, 4) is 17.0 Å². The zero-order chi connectivity index (χ0) is 22.9.